The van der Waals surface area contributed by atoms with Gasteiger partial charge in [0.15, 0.2) is 11.4 Å². The van der Waals surface area contributed by atoms with Crippen LogP contribution in [0.1, 0.15) is 58.7 Å². The van der Waals surface area contributed by atoms with Crippen LogP contribution in [0.4, 0.5) is 30.5 Å². The Morgan fingerprint density at radius 2 is 1.69 bits per heavy atom. The Labute approximate surface area is 280 Å². The Morgan fingerprint density at radius 3 is 2.37 bits per heavy atom. The molecule has 11 nitrogen and oxygen atoms in total. The SMILES string of the molecule is CCc1cccc(CC)c1NC(=O)c1nn(C)c2c1ccc1cnc(Nc3ccc(C(=O)NC4CCN(C)CC4)cc3OC(F)(F)F)nc12. The number of hydrogen-bond donors (Lipinski definition) is 3. The van der Waals surface area contributed by atoms with Crippen molar-refractivity contribution in [1.29, 1.82) is 0 Å². The first-order valence-corrected chi connectivity index (χ1v) is 16.1. The standard InChI is InChI=1S/C35H37F3N8O3/c1-5-20-8-7-9-21(6-2)28(20)42-33(48)30-25-12-10-23-19-39-34(43-29(23)31(25)46(4)44-30)41-26-13-11-22(18-27(26)49-35(36,37)38)32(47)40-24-14-16-45(3)17-15-24/h7-13,18-19,24H,5-6,14-17H2,1-4H3,(H,40,47)(H,42,48)(H,39,41,43). The maximum atomic E-state index is 13.6. The van der Waals surface area contributed by atoms with Crippen molar-refractivity contribution in [3.8, 4) is 5.75 Å². The van der Waals surface area contributed by atoms with Crippen LogP contribution in [0.25, 0.3) is 21.8 Å². The predicted molar refractivity (Wildman–Crippen MR) is 181 cm³/mol. The van der Waals surface area contributed by atoms with Gasteiger partial charge in [0.05, 0.1) is 11.2 Å². The van der Waals surface area contributed by atoms with E-state index in [-0.39, 0.29) is 34.8 Å². The van der Waals surface area contributed by atoms with Gasteiger partial charge in [0.2, 0.25) is 5.95 Å². The number of nitrogens with one attached hydrogen (secondary N) is 3. The fourth-order valence-corrected chi connectivity index (χ4v) is 6.18. The third-order valence-corrected chi connectivity index (χ3v) is 8.78. The number of para-hydroxylation sites is 1. The van der Waals surface area contributed by atoms with E-state index >= 15 is 0 Å². The number of alkyl halides is 3. The lowest BCUT2D eigenvalue weighted by atomic mass is 10.0. The molecule has 49 heavy (non-hydrogen) atoms. The minimum absolute atomic E-state index is 0.0211. The van der Waals surface area contributed by atoms with Gasteiger partial charge in [0.25, 0.3) is 11.8 Å². The van der Waals surface area contributed by atoms with Gasteiger partial charge in [-0.25, -0.2) is 9.97 Å². The molecule has 2 amide bonds. The van der Waals surface area contributed by atoms with E-state index in [1.807, 2.05) is 39.1 Å². The van der Waals surface area contributed by atoms with Gasteiger partial charge in [-0.2, -0.15) is 5.10 Å². The van der Waals surface area contributed by atoms with Gasteiger partial charge in [-0.1, -0.05) is 38.1 Å². The third kappa shape index (κ3) is 7.28. The largest absolute Gasteiger partial charge is 0.573 e. The van der Waals surface area contributed by atoms with Gasteiger partial charge in [0.1, 0.15) is 5.52 Å². The molecule has 6 rings (SSSR count). The number of ether oxygens (including phenoxy) is 1. The summed E-state index contributed by atoms with van der Waals surface area (Å²) in [6.45, 7) is 5.68. The summed E-state index contributed by atoms with van der Waals surface area (Å²) in [6.07, 6.45) is -0.514. The molecular formula is C35H37F3N8O3. The number of aryl methyl sites for hydroxylation is 3. The molecule has 0 atom stereocenters. The quantitative estimate of drug-likeness (QED) is 0.165. The number of rotatable bonds is 9. The van der Waals surface area contributed by atoms with Gasteiger partial charge in [0, 0.05) is 41.3 Å². The van der Waals surface area contributed by atoms with Crippen molar-refractivity contribution in [1.82, 2.24) is 30.0 Å². The Bertz CT molecular complexity index is 2010. The Balaban J connectivity index is 1.31. The number of fused-ring (bicyclic) bond motifs is 3. The van der Waals surface area contributed by atoms with Crippen molar-refractivity contribution in [2.45, 2.75) is 51.9 Å². The molecule has 0 bridgehead atoms. The number of anilines is 3. The van der Waals surface area contributed by atoms with E-state index in [1.54, 1.807) is 23.9 Å². The average Bonchev–Trinajstić information content (AvgIpc) is 3.42. The zero-order chi connectivity index (χ0) is 34.9. The summed E-state index contributed by atoms with van der Waals surface area (Å²) in [6, 6.07) is 13.2. The summed E-state index contributed by atoms with van der Waals surface area (Å²) < 4.78 is 46.3. The highest BCUT2D eigenvalue weighted by atomic mass is 19.4. The fraction of sp³-hybridized carbons (Fsp3) is 0.343. The number of aromatic nitrogens is 4. The van der Waals surface area contributed by atoms with Crippen LogP contribution in [0.3, 0.4) is 0 Å². The van der Waals surface area contributed by atoms with Crippen LogP contribution in [0.2, 0.25) is 0 Å². The van der Waals surface area contributed by atoms with Crippen LogP contribution in [0, 0.1) is 0 Å². The average molecular weight is 675 g/mol. The van der Waals surface area contributed by atoms with Crippen LogP contribution in [0.5, 0.6) is 5.75 Å². The first-order chi connectivity index (χ1) is 23.4. The maximum Gasteiger partial charge on any atom is 0.573 e. The molecule has 3 heterocycles. The lowest BCUT2D eigenvalue weighted by molar-refractivity contribution is -0.274. The van der Waals surface area contributed by atoms with E-state index in [9.17, 15) is 22.8 Å². The summed E-state index contributed by atoms with van der Waals surface area (Å²) in [5, 5.41) is 14.5. The lowest BCUT2D eigenvalue weighted by Crippen LogP contribution is -2.43. The summed E-state index contributed by atoms with van der Waals surface area (Å²) >= 11 is 0. The van der Waals surface area contributed by atoms with E-state index in [0.29, 0.717) is 21.8 Å². The Morgan fingerprint density at radius 1 is 0.980 bits per heavy atom. The number of benzene rings is 3. The summed E-state index contributed by atoms with van der Waals surface area (Å²) in [4.78, 5) is 37.6. The summed E-state index contributed by atoms with van der Waals surface area (Å²) in [5.74, 6) is -1.49. The molecular weight excluding hydrogens is 637 g/mol. The van der Waals surface area contributed by atoms with E-state index in [4.69, 9.17) is 0 Å². The highest BCUT2D eigenvalue weighted by Gasteiger charge is 2.33. The molecule has 3 N–H and O–H groups in total. The second-order valence-electron chi connectivity index (χ2n) is 12.1. The smallest absolute Gasteiger partial charge is 0.404 e. The second-order valence-corrected chi connectivity index (χ2v) is 12.1. The minimum atomic E-state index is -5.02. The van der Waals surface area contributed by atoms with Crippen molar-refractivity contribution in [3.63, 3.8) is 0 Å². The number of carbonyl (C=O) groups is 2. The molecule has 1 fully saturated rings. The molecule has 3 aromatic carbocycles. The van der Waals surface area contributed by atoms with Gasteiger partial charge < -0.3 is 25.6 Å². The molecule has 14 heteroatoms. The topological polar surface area (TPSA) is 126 Å². The zero-order valence-electron chi connectivity index (χ0n) is 27.6. The normalized spacial score (nSPS) is 14.3. The second kappa shape index (κ2) is 13.7. The highest BCUT2D eigenvalue weighted by Crippen LogP contribution is 2.34. The molecule has 1 aliphatic heterocycles. The van der Waals surface area contributed by atoms with Crippen LogP contribution < -0.4 is 20.7 Å². The van der Waals surface area contributed by atoms with Crippen LogP contribution >= 0.6 is 0 Å². The molecule has 0 radical (unpaired) electrons. The monoisotopic (exact) mass is 674 g/mol. The van der Waals surface area contributed by atoms with E-state index in [1.165, 1.54) is 18.3 Å². The number of nitrogens with zero attached hydrogens (tertiary/aromatic N) is 5. The molecule has 1 saturated heterocycles. The minimum Gasteiger partial charge on any atom is -0.404 e. The van der Waals surface area contributed by atoms with E-state index in [0.717, 1.165) is 61.7 Å². The number of halogens is 3. The van der Waals surface area contributed by atoms with E-state index < -0.39 is 18.0 Å². The van der Waals surface area contributed by atoms with Gasteiger partial charge >= 0.3 is 6.36 Å². The molecule has 256 valence electrons. The molecule has 0 saturated carbocycles. The predicted octanol–water partition coefficient (Wildman–Crippen LogP) is 6.36. The number of piperidine rings is 1. The number of carbonyl (C=O) groups excluding carboxylic acids is 2. The van der Waals surface area contributed by atoms with Crippen molar-refractivity contribution in [2.24, 2.45) is 7.05 Å². The number of amides is 2. The third-order valence-electron chi connectivity index (χ3n) is 8.78. The molecule has 0 aliphatic carbocycles. The first-order valence-electron chi connectivity index (χ1n) is 16.1. The number of hydrogen-bond acceptors (Lipinski definition) is 8. The van der Waals surface area contributed by atoms with Crippen LogP contribution in [-0.2, 0) is 19.9 Å². The van der Waals surface area contributed by atoms with Crippen LogP contribution in [-0.4, -0.2) is 69.0 Å². The van der Waals surface area contributed by atoms with Crippen LogP contribution in [0.15, 0.2) is 54.7 Å². The molecule has 0 spiro atoms. The Hall–Kier alpha value is -5.24. The zero-order valence-corrected chi connectivity index (χ0v) is 27.6. The molecule has 0 unspecified atom stereocenters. The van der Waals surface area contributed by atoms with E-state index in [2.05, 4.69) is 40.7 Å². The molecule has 5 aromatic rings. The summed E-state index contributed by atoms with van der Waals surface area (Å²) in [7, 11) is 3.69. The van der Waals surface area contributed by atoms with Gasteiger partial charge in [-0.05, 0) is 81.2 Å². The Kier molecular flexibility index (Phi) is 9.41. The lowest BCUT2D eigenvalue weighted by Gasteiger charge is -2.29. The first kappa shape index (κ1) is 33.7. The fourth-order valence-electron chi connectivity index (χ4n) is 6.18. The van der Waals surface area contributed by atoms with Gasteiger partial charge in [-0.3, -0.25) is 14.3 Å². The molecule has 1 aliphatic rings. The van der Waals surface area contributed by atoms with Crippen molar-refractivity contribution >= 4 is 50.9 Å². The highest BCUT2D eigenvalue weighted by molar-refractivity contribution is 6.16. The number of likely N-dealkylation sites (tertiary alicyclic amines) is 1. The van der Waals surface area contributed by atoms with Gasteiger partial charge in [-0.15, -0.1) is 13.2 Å². The maximum absolute atomic E-state index is 13.6. The van der Waals surface area contributed by atoms with Crippen molar-refractivity contribution in [3.05, 3.63) is 77.1 Å². The summed E-state index contributed by atoms with van der Waals surface area (Å²) in [5.41, 5.74) is 3.91. The van der Waals surface area contributed by atoms with Crippen molar-refractivity contribution in [2.75, 3.05) is 30.8 Å². The molecule has 2 aromatic heterocycles. The van der Waals surface area contributed by atoms with Crippen molar-refractivity contribution < 1.29 is 27.5 Å².